The maximum absolute atomic E-state index is 4.42. The fraction of sp³-hybridized carbons (Fsp3) is 0.0208. The molecule has 0 N–H and O–H groups in total. The lowest BCUT2D eigenvalue weighted by atomic mass is 9.43. The molecule has 2 aliphatic rings. The van der Waals surface area contributed by atoms with Gasteiger partial charge < -0.3 is 4.81 Å². The first-order valence-electron chi connectivity index (χ1n) is 17.6. The third-order valence-electron chi connectivity index (χ3n) is 10.6. The molecule has 3 heteroatoms. The molecule has 0 saturated carbocycles. The Morgan fingerprint density at radius 2 is 0.863 bits per heavy atom. The van der Waals surface area contributed by atoms with Gasteiger partial charge >= 0.3 is 6.85 Å². The van der Waals surface area contributed by atoms with E-state index >= 15 is 0 Å². The zero-order valence-corrected chi connectivity index (χ0v) is 28.3. The van der Waals surface area contributed by atoms with Gasteiger partial charge in [-0.1, -0.05) is 140 Å². The molecular weight excluding hydrogens is 615 g/mol. The third-order valence-corrected chi connectivity index (χ3v) is 10.6. The smallest absolute Gasteiger partial charge is 0.329 e. The number of rotatable bonds is 4. The number of hydrogen-bond donors (Lipinski definition) is 0. The van der Waals surface area contributed by atoms with Crippen LogP contribution in [0.3, 0.4) is 0 Å². The van der Waals surface area contributed by atoms with E-state index in [9.17, 15) is 0 Å². The fourth-order valence-corrected chi connectivity index (χ4v) is 8.16. The Kier molecular flexibility index (Phi) is 6.85. The second-order valence-corrected chi connectivity index (χ2v) is 13.7. The summed E-state index contributed by atoms with van der Waals surface area (Å²) in [4.78, 5) is 7.02. The molecular formula is C48H33BN2. The number of benzene rings is 7. The average molecular weight is 649 g/mol. The number of aromatic nitrogens is 1. The van der Waals surface area contributed by atoms with E-state index < -0.39 is 0 Å². The third kappa shape index (κ3) is 4.93. The van der Waals surface area contributed by atoms with Gasteiger partial charge in [0.15, 0.2) is 0 Å². The van der Waals surface area contributed by atoms with Gasteiger partial charge in [-0.25, -0.2) is 0 Å². The molecule has 51 heavy (non-hydrogen) atoms. The molecule has 10 rings (SSSR count). The maximum atomic E-state index is 4.42. The highest BCUT2D eigenvalue weighted by Crippen LogP contribution is 2.48. The Morgan fingerprint density at radius 3 is 1.49 bits per heavy atom. The predicted octanol–water partition coefficient (Wildman–Crippen LogP) is 11.0. The standard InChI is InChI=1S/C48H33BN2/c1-32-26-40(31-50-30-32)36-18-16-35(17-19-36)39-20-23-42-44-28-38(34-12-6-3-7-13-34)22-25-48(44)51-47-24-21-37(33-10-4-2-5-11-33)27-43(47)41-14-8-9-15-45(41)49(51)46(42)29-39/h2-31H,1H3. The first-order valence-corrected chi connectivity index (χ1v) is 17.6. The first kappa shape index (κ1) is 29.5. The molecule has 238 valence electrons. The quantitative estimate of drug-likeness (QED) is 0.177. The molecule has 2 aliphatic heterocycles. The molecule has 0 radical (unpaired) electrons. The van der Waals surface area contributed by atoms with Crippen molar-refractivity contribution in [2.45, 2.75) is 6.92 Å². The molecule has 0 aliphatic carbocycles. The van der Waals surface area contributed by atoms with Gasteiger partial charge in [0.2, 0.25) is 0 Å². The van der Waals surface area contributed by atoms with Crippen molar-refractivity contribution in [1.29, 1.82) is 0 Å². The van der Waals surface area contributed by atoms with Crippen LogP contribution in [0.4, 0.5) is 11.4 Å². The molecule has 0 spiro atoms. The number of anilines is 2. The number of aryl methyl sites for hydroxylation is 1. The molecule has 1 aromatic heterocycles. The molecule has 0 fully saturated rings. The highest BCUT2D eigenvalue weighted by atomic mass is 15.1. The van der Waals surface area contributed by atoms with E-state index in [1.54, 1.807) is 0 Å². The van der Waals surface area contributed by atoms with Gasteiger partial charge in [-0.05, 0) is 104 Å². The summed E-state index contributed by atoms with van der Waals surface area (Å²) in [5.74, 6) is 0. The zero-order valence-electron chi connectivity index (χ0n) is 28.3. The summed E-state index contributed by atoms with van der Waals surface area (Å²) in [6.07, 6.45) is 3.84. The van der Waals surface area contributed by atoms with Crippen LogP contribution >= 0.6 is 0 Å². The van der Waals surface area contributed by atoms with Crippen molar-refractivity contribution in [3.63, 3.8) is 0 Å². The summed E-state index contributed by atoms with van der Waals surface area (Å²) in [6, 6.07) is 62.7. The second kappa shape index (κ2) is 11.9. The van der Waals surface area contributed by atoms with Crippen molar-refractivity contribution in [2.75, 3.05) is 4.81 Å². The maximum Gasteiger partial charge on any atom is 0.329 e. The number of pyridine rings is 1. The molecule has 0 amide bonds. The summed E-state index contributed by atoms with van der Waals surface area (Å²) in [6.45, 7) is 2.12. The van der Waals surface area contributed by atoms with Crippen LogP contribution in [0, 0.1) is 6.92 Å². The average Bonchev–Trinajstić information content (AvgIpc) is 3.21. The van der Waals surface area contributed by atoms with E-state index in [2.05, 4.69) is 187 Å². The molecule has 7 aromatic carbocycles. The van der Waals surface area contributed by atoms with E-state index in [0.717, 1.165) is 11.1 Å². The van der Waals surface area contributed by atoms with E-state index in [1.807, 2.05) is 12.4 Å². The van der Waals surface area contributed by atoms with Crippen LogP contribution in [-0.2, 0) is 0 Å². The highest BCUT2D eigenvalue weighted by molar-refractivity contribution is 6.92. The van der Waals surface area contributed by atoms with Crippen molar-refractivity contribution >= 4 is 29.1 Å². The SMILES string of the molecule is Cc1cncc(-c2ccc(-c3ccc4c(c3)B3c5ccccc5-c5cc(-c6ccccc6)ccc5N3c3ccc(-c5ccccc5)cc3-4)cc2)c1. The Balaban J connectivity index is 1.17. The molecule has 0 atom stereocenters. The van der Waals surface area contributed by atoms with Crippen LogP contribution in [0.25, 0.3) is 66.8 Å². The van der Waals surface area contributed by atoms with Gasteiger partial charge in [-0.2, -0.15) is 0 Å². The van der Waals surface area contributed by atoms with Crippen LogP contribution < -0.4 is 15.7 Å². The minimum atomic E-state index is 0.0268. The monoisotopic (exact) mass is 648 g/mol. The van der Waals surface area contributed by atoms with Gasteiger partial charge in [0, 0.05) is 40.5 Å². The summed E-state index contributed by atoms with van der Waals surface area (Å²) in [7, 11) is 0. The Morgan fingerprint density at radius 1 is 0.373 bits per heavy atom. The van der Waals surface area contributed by atoms with Crippen LogP contribution in [-0.4, -0.2) is 11.8 Å². The van der Waals surface area contributed by atoms with Crippen LogP contribution in [0.5, 0.6) is 0 Å². The van der Waals surface area contributed by atoms with Crippen LogP contribution in [0.1, 0.15) is 5.56 Å². The van der Waals surface area contributed by atoms with Crippen LogP contribution in [0.2, 0.25) is 0 Å². The fourth-order valence-electron chi connectivity index (χ4n) is 8.16. The topological polar surface area (TPSA) is 16.1 Å². The van der Waals surface area contributed by atoms with Crippen molar-refractivity contribution in [1.82, 2.24) is 4.98 Å². The van der Waals surface area contributed by atoms with Crippen molar-refractivity contribution in [2.24, 2.45) is 0 Å². The predicted molar refractivity (Wildman–Crippen MR) is 215 cm³/mol. The lowest BCUT2D eigenvalue weighted by Crippen LogP contribution is -2.59. The molecule has 8 aromatic rings. The normalized spacial score (nSPS) is 12.3. The van der Waals surface area contributed by atoms with Gasteiger partial charge in [0.05, 0.1) is 0 Å². The molecule has 2 nitrogen and oxygen atoms in total. The second-order valence-electron chi connectivity index (χ2n) is 13.7. The Labute approximate surface area is 299 Å². The van der Waals surface area contributed by atoms with Gasteiger partial charge in [-0.15, -0.1) is 0 Å². The minimum Gasteiger partial charge on any atom is -0.376 e. The van der Waals surface area contributed by atoms with Crippen LogP contribution in [0.15, 0.2) is 182 Å². The van der Waals surface area contributed by atoms with Crippen molar-refractivity contribution in [3.8, 4) is 66.8 Å². The largest absolute Gasteiger partial charge is 0.376 e. The number of nitrogens with zero attached hydrogens (tertiary/aromatic N) is 2. The summed E-state index contributed by atoms with van der Waals surface area (Å²) in [5, 5.41) is 0. The van der Waals surface area contributed by atoms with Crippen molar-refractivity contribution < 1.29 is 0 Å². The summed E-state index contributed by atoms with van der Waals surface area (Å²) >= 11 is 0. The minimum absolute atomic E-state index is 0.0268. The van der Waals surface area contributed by atoms with Gasteiger partial charge in [0.1, 0.15) is 0 Å². The molecule has 0 saturated heterocycles. The lowest BCUT2D eigenvalue weighted by molar-refractivity contribution is 1.27. The van der Waals surface area contributed by atoms with E-state index in [-0.39, 0.29) is 6.85 Å². The Hall–Kier alpha value is -6.45. The lowest BCUT2D eigenvalue weighted by Gasteiger charge is -2.43. The van der Waals surface area contributed by atoms with Gasteiger partial charge in [0.25, 0.3) is 0 Å². The number of hydrogen-bond acceptors (Lipinski definition) is 2. The van der Waals surface area contributed by atoms with E-state index in [4.69, 9.17) is 0 Å². The van der Waals surface area contributed by atoms with Gasteiger partial charge in [-0.3, -0.25) is 4.98 Å². The van der Waals surface area contributed by atoms with Crippen molar-refractivity contribution in [3.05, 3.63) is 188 Å². The molecule has 0 unspecified atom stereocenters. The molecule has 0 bridgehead atoms. The Bertz CT molecular complexity index is 2590. The van der Waals surface area contributed by atoms with E-state index in [1.165, 1.54) is 83.5 Å². The highest BCUT2D eigenvalue weighted by Gasteiger charge is 2.42. The molecule has 3 heterocycles. The first-order chi connectivity index (χ1) is 25.2. The number of fused-ring (bicyclic) bond motifs is 11. The summed E-state index contributed by atoms with van der Waals surface area (Å²) < 4.78 is 0. The van der Waals surface area contributed by atoms with E-state index in [0.29, 0.717) is 0 Å². The zero-order chi connectivity index (χ0) is 33.9. The summed E-state index contributed by atoms with van der Waals surface area (Å²) in [5.41, 5.74) is 21.0.